The van der Waals surface area contributed by atoms with Gasteiger partial charge in [0, 0.05) is 18.6 Å². The van der Waals surface area contributed by atoms with Crippen LogP contribution in [0.3, 0.4) is 0 Å². The zero-order valence-corrected chi connectivity index (χ0v) is 12.7. The van der Waals surface area contributed by atoms with Crippen molar-refractivity contribution in [2.24, 2.45) is 5.92 Å². The lowest BCUT2D eigenvalue weighted by molar-refractivity contribution is -0.146. The first-order chi connectivity index (χ1) is 9.47. The Balaban J connectivity index is 2.19. The van der Waals surface area contributed by atoms with E-state index in [0.29, 0.717) is 22.9 Å². The number of ether oxygens (including phenoxy) is 1. The highest BCUT2D eigenvalue weighted by atomic mass is 35.5. The molecule has 0 aromatic heterocycles. The van der Waals surface area contributed by atoms with Gasteiger partial charge in [-0.1, -0.05) is 24.9 Å². The molecule has 0 saturated heterocycles. The van der Waals surface area contributed by atoms with Crippen LogP contribution in [0.2, 0.25) is 5.02 Å². The van der Waals surface area contributed by atoms with Gasteiger partial charge in [-0.15, -0.1) is 0 Å². The molecule has 2 atom stereocenters. The van der Waals surface area contributed by atoms with Crippen molar-refractivity contribution in [3.8, 4) is 0 Å². The third kappa shape index (κ3) is 3.21. The van der Waals surface area contributed by atoms with Crippen LogP contribution in [-0.2, 0) is 16.0 Å². The number of benzene rings is 1. The average molecular weight is 299 g/mol. The van der Waals surface area contributed by atoms with Gasteiger partial charge in [0.1, 0.15) is 11.4 Å². The fraction of sp³-hybridized carbons (Fsp3) is 0.562. The van der Waals surface area contributed by atoms with Gasteiger partial charge in [0.25, 0.3) is 0 Å². The van der Waals surface area contributed by atoms with Crippen molar-refractivity contribution < 1.29 is 13.9 Å². The van der Waals surface area contributed by atoms with E-state index in [1.54, 1.807) is 7.11 Å². The second-order valence-corrected chi connectivity index (χ2v) is 6.17. The largest absolute Gasteiger partial charge is 0.370 e. The number of methoxy groups -OCH3 is 1. The standard InChI is InChI=1S/C16H20ClFO2/c1-11-4-3-7-16(10-11,20-2)15(19)9-12-8-13(17)5-6-14(12)18/h5-6,8,11H,3-4,7,9-10H2,1-2H3. The van der Waals surface area contributed by atoms with Crippen LogP contribution in [0.4, 0.5) is 4.39 Å². The molecule has 1 aromatic carbocycles. The maximum atomic E-state index is 13.8. The summed E-state index contributed by atoms with van der Waals surface area (Å²) in [5, 5.41) is 0.442. The van der Waals surface area contributed by atoms with Gasteiger partial charge >= 0.3 is 0 Å². The maximum absolute atomic E-state index is 13.8. The van der Waals surface area contributed by atoms with Crippen molar-refractivity contribution in [3.05, 3.63) is 34.6 Å². The van der Waals surface area contributed by atoms with Crippen molar-refractivity contribution in [1.82, 2.24) is 0 Å². The van der Waals surface area contributed by atoms with Crippen LogP contribution in [0.25, 0.3) is 0 Å². The SMILES string of the molecule is COC1(C(=O)Cc2cc(Cl)ccc2F)CCCC(C)C1. The predicted molar refractivity (Wildman–Crippen MR) is 77.5 cm³/mol. The Morgan fingerprint density at radius 1 is 1.55 bits per heavy atom. The van der Waals surface area contributed by atoms with Crippen LogP contribution in [0.15, 0.2) is 18.2 Å². The topological polar surface area (TPSA) is 26.3 Å². The van der Waals surface area contributed by atoms with Crippen LogP contribution in [0.5, 0.6) is 0 Å². The maximum Gasteiger partial charge on any atom is 0.169 e. The molecule has 0 aliphatic heterocycles. The van der Waals surface area contributed by atoms with Crippen LogP contribution >= 0.6 is 11.6 Å². The summed E-state index contributed by atoms with van der Waals surface area (Å²) >= 11 is 5.87. The number of halogens is 2. The van der Waals surface area contributed by atoms with Gasteiger partial charge in [-0.25, -0.2) is 4.39 Å². The quantitative estimate of drug-likeness (QED) is 0.833. The average Bonchev–Trinajstić information content (AvgIpc) is 2.42. The number of carbonyl (C=O) groups excluding carboxylic acids is 1. The smallest absolute Gasteiger partial charge is 0.169 e. The summed E-state index contributed by atoms with van der Waals surface area (Å²) in [6.45, 7) is 2.13. The van der Waals surface area contributed by atoms with Gasteiger partial charge in [-0.3, -0.25) is 4.79 Å². The highest BCUT2D eigenvalue weighted by molar-refractivity contribution is 6.30. The summed E-state index contributed by atoms with van der Waals surface area (Å²) in [5.41, 5.74) is -0.413. The Kier molecular flexibility index (Phi) is 4.82. The van der Waals surface area contributed by atoms with E-state index in [1.807, 2.05) is 0 Å². The van der Waals surface area contributed by atoms with E-state index in [4.69, 9.17) is 16.3 Å². The van der Waals surface area contributed by atoms with Gasteiger partial charge in [0.05, 0.1) is 0 Å². The number of hydrogen-bond acceptors (Lipinski definition) is 2. The van der Waals surface area contributed by atoms with Crippen molar-refractivity contribution in [2.75, 3.05) is 7.11 Å². The van der Waals surface area contributed by atoms with Gasteiger partial charge in [-0.05, 0) is 48.9 Å². The molecular formula is C16H20ClFO2. The van der Waals surface area contributed by atoms with Crippen LogP contribution in [-0.4, -0.2) is 18.5 Å². The zero-order valence-electron chi connectivity index (χ0n) is 11.9. The molecule has 1 aliphatic carbocycles. The highest BCUT2D eigenvalue weighted by Gasteiger charge is 2.41. The van der Waals surface area contributed by atoms with Crippen molar-refractivity contribution >= 4 is 17.4 Å². The molecule has 4 heteroatoms. The number of Topliss-reactive ketones (excluding diaryl/α,β-unsaturated/α-hetero) is 1. The van der Waals surface area contributed by atoms with E-state index in [-0.39, 0.29) is 12.2 Å². The Labute approximate surface area is 124 Å². The predicted octanol–water partition coefficient (Wildman–Crippen LogP) is 4.19. The van der Waals surface area contributed by atoms with Crippen molar-refractivity contribution in [2.45, 2.75) is 44.6 Å². The zero-order chi connectivity index (χ0) is 14.8. The molecule has 0 bridgehead atoms. The first kappa shape index (κ1) is 15.5. The van der Waals surface area contributed by atoms with E-state index in [1.165, 1.54) is 18.2 Å². The molecule has 1 aliphatic rings. The second kappa shape index (κ2) is 6.23. The Bertz CT molecular complexity index is 503. The minimum absolute atomic E-state index is 0.0347. The highest BCUT2D eigenvalue weighted by Crippen LogP contribution is 2.36. The monoisotopic (exact) mass is 298 g/mol. The number of hydrogen-bond donors (Lipinski definition) is 0. The van der Waals surface area contributed by atoms with Crippen LogP contribution < -0.4 is 0 Å². The molecule has 2 rings (SSSR count). The molecule has 0 radical (unpaired) electrons. The first-order valence-electron chi connectivity index (χ1n) is 6.99. The lowest BCUT2D eigenvalue weighted by Gasteiger charge is -2.37. The lowest BCUT2D eigenvalue weighted by Crippen LogP contribution is -2.45. The third-order valence-electron chi connectivity index (χ3n) is 4.21. The van der Waals surface area contributed by atoms with E-state index in [9.17, 15) is 9.18 Å². The van der Waals surface area contributed by atoms with E-state index < -0.39 is 11.4 Å². The molecule has 0 N–H and O–H groups in total. The summed E-state index contributed by atoms with van der Waals surface area (Å²) in [5.74, 6) is 0.0161. The summed E-state index contributed by atoms with van der Waals surface area (Å²) in [6.07, 6.45) is 3.55. The molecular weight excluding hydrogens is 279 g/mol. The molecule has 1 fully saturated rings. The first-order valence-corrected chi connectivity index (χ1v) is 7.37. The lowest BCUT2D eigenvalue weighted by atomic mass is 9.75. The summed E-state index contributed by atoms with van der Waals surface area (Å²) in [4.78, 5) is 12.6. The Morgan fingerprint density at radius 2 is 2.30 bits per heavy atom. The number of carbonyl (C=O) groups is 1. The molecule has 0 amide bonds. The molecule has 110 valence electrons. The molecule has 0 heterocycles. The van der Waals surface area contributed by atoms with Gasteiger partial charge < -0.3 is 4.74 Å². The molecule has 2 nitrogen and oxygen atoms in total. The van der Waals surface area contributed by atoms with E-state index in [2.05, 4.69) is 6.92 Å². The number of rotatable bonds is 4. The normalized spacial score (nSPS) is 26.5. The Hall–Kier alpha value is -0.930. The number of ketones is 1. The third-order valence-corrected chi connectivity index (χ3v) is 4.45. The van der Waals surface area contributed by atoms with Crippen LogP contribution in [0.1, 0.15) is 38.2 Å². The molecule has 1 saturated carbocycles. The second-order valence-electron chi connectivity index (χ2n) is 5.74. The molecule has 2 unspecified atom stereocenters. The molecule has 20 heavy (non-hydrogen) atoms. The summed E-state index contributed by atoms with van der Waals surface area (Å²) < 4.78 is 19.3. The summed E-state index contributed by atoms with van der Waals surface area (Å²) in [6, 6.07) is 4.30. The van der Waals surface area contributed by atoms with E-state index in [0.717, 1.165) is 19.3 Å². The van der Waals surface area contributed by atoms with Crippen LogP contribution in [0, 0.1) is 11.7 Å². The Morgan fingerprint density at radius 3 is 2.95 bits per heavy atom. The van der Waals surface area contributed by atoms with E-state index >= 15 is 0 Å². The fourth-order valence-electron chi connectivity index (χ4n) is 3.07. The van der Waals surface area contributed by atoms with Crippen molar-refractivity contribution in [1.29, 1.82) is 0 Å². The minimum Gasteiger partial charge on any atom is -0.370 e. The fourth-order valence-corrected chi connectivity index (χ4v) is 3.26. The van der Waals surface area contributed by atoms with Gasteiger partial charge in [0.15, 0.2) is 5.78 Å². The van der Waals surface area contributed by atoms with Gasteiger partial charge in [-0.2, -0.15) is 0 Å². The minimum atomic E-state index is -0.758. The summed E-state index contributed by atoms with van der Waals surface area (Å²) in [7, 11) is 1.57. The van der Waals surface area contributed by atoms with Crippen molar-refractivity contribution in [3.63, 3.8) is 0 Å². The molecule has 0 spiro atoms. The van der Waals surface area contributed by atoms with Gasteiger partial charge in [0.2, 0.25) is 0 Å². The molecule has 1 aromatic rings.